The molecule has 102 valence electrons. The first-order valence-electron chi connectivity index (χ1n) is 6.44. The number of benzene rings is 1. The number of nitrogens with two attached hydrogens (primary N) is 1. The maximum absolute atomic E-state index is 11.6. The number of aromatic nitrogens is 1. The Bertz CT molecular complexity index is 577. The Labute approximate surface area is 112 Å². The summed E-state index contributed by atoms with van der Waals surface area (Å²) in [5.41, 5.74) is 8.22. The van der Waals surface area contributed by atoms with Gasteiger partial charge in [-0.25, -0.2) is 4.98 Å². The van der Waals surface area contributed by atoms with Crippen LogP contribution in [0.15, 0.2) is 22.6 Å². The second kappa shape index (κ2) is 5.84. The minimum atomic E-state index is -0.138. The fraction of sp³-hybridized carbons (Fsp3) is 0.429. The van der Waals surface area contributed by atoms with E-state index in [1.807, 2.05) is 32.0 Å². The highest BCUT2D eigenvalue weighted by molar-refractivity contribution is 5.78. The molecule has 0 aliphatic heterocycles. The molecule has 0 radical (unpaired) electrons. The lowest BCUT2D eigenvalue weighted by molar-refractivity contribution is -0.124. The van der Waals surface area contributed by atoms with E-state index in [4.69, 9.17) is 10.2 Å². The van der Waals surface area contributed by atoms with Crippen LogP contribution in [-0.2, 0) is 11.2 Å². The van der Waals surface area contributed by atoms with Gasteiger partial charge in [0.2, 0.25) is 5.91 Å². The van der Waals surface area contributed by atoms with E-state index in [0.717, 1.165) is 23.1 Å². The molecule has 1 aromatic heterocycles. The number of carbonyl (C=O) groups excluding carboxylic acids is 1. The number of amides is 1. The minimum absolute atomic E-state index is 0.000795. The number of fused-ring (bicyclic) bond motifs is 1. The second-order valence-corrected chi connectivity index (χ2v) is 4.71. The monoisotopic (exact) mass is 261 g/mol. The van der Waals surface area contributed by atoms with E-state index < -0.39 is 0 Å². The summed E-state index contributed by atoms with van der Waals surface area (Å²) in [6, 6.07) is 5.89. The van der Waals surface area contributed by atoms with Crippen molar-refractivity contribution in [3.63, 3.8) is 0 Å². The molecule has 0 spiro atoms. The molecule has 0 saturated carbocycles. The first-order chi connectivity index (χ1) is 9.10. The normalized spacial score (nSPS) is 12.6. The fourth-order valence-corrected chi connectivity index (χ4v) is 1.86. The Morgan fingerprint density at radius 1 is 1.53 bits per heavy atom. The summed E-state index contributed by atoms with van der Waals surface area (Å²) in [5.74, 6) is 0.527. The van der Waals surface area contributed by atoms with E-state index in [1.54, 1.807) is 0 Å². The van der Waals surface area contributed by atoms with Crippen LogP contribution in [0.1, 0.15) is 18.4 Å². The highest BCUT2D eigenvalue weighted by Crippen LogP contribution is 2.16. The molecule has 2 rings (SSSR count). The molecule has 3 N–H and O–H groups in total. The number of carbonyl (C=O) groups is 1. The molecule has 1 amide bonds. The Morgan fingerprint density at radius 2 is 2.32 bits per heavy atom. The van der Waals surface area contributed by atoms with Gasteiger partial charge in [-0.15, -0.1) is 0 Å². The number of oxazole rings is 1. The van der Waals surface area contributed by atoms with Gasteiger partial charge in [-0.05, 0) is 24.1 Å². The van der Waals surface area contributed by atoms with Crippen molar-refractivity contribution < 1.29 is 9.21 Å². The van der Waals surface area contributed by atoms with Crippen molar-refractivity contribution >= 4 is 17.0 Å². The van der Waals surface area contributed by atoms with Crippen molar-refractivity contribution in [1.82, 2.24) is 10.3 Å². The topological polar surface area (TPSA) is 81.2 Å². The van der Waals surface area contributed by atoms with Gasteiger partial charge >= 0.3 is 0 Å². The molecule has 0 aliphatic carbocycles. The summed E-state index contributed by atoms with van der Waals surface area (Å²) in [4.78, 5) is 15.8. The van der Waals surface area contributed by atoms with Gasteiger partial charge in [0.15, 0.2) is 11.5 Å². The molecular formula is C14H19N3O2. The lowest BCUT2D eigenvalue weighted by atomic mass is 10.1. The van der Waals surface area contributed by atoms with Crippen LogP contribution in [0.2, 0.25) is 0 Å². The van der Waals surface area contributed by atoms with Crippen molar-refractivity contribution in [3.8, 4) is 0 Å². The average Bonchev–Trinajstić information content (AvgIpc) is 2.77. The van der Waals surface area contributed by atoms with E-state index in [-0.39, 0.29) is 11.8 Å². The molecule has 1 heterocycles. The number of hydrogen-bond donors (Lipinski definition) is 2. The minimum Gasteiger partial charge on any atom is -0.441 e. The zero-order valence-corrected chi connectivity index (χ0v) is 11.3. The van der Waals surface area contributed by atoms with Gasteiger partial charge < -0.3 is 15.5 Å². The fourth-order valence-electron chi connectivity index (χ4n) is 1.86. The summed E-state index contributed by atoms with van der Waals surface area (Å²) in [5, 5.41) is 2.87. The highest BCUT2D eigenvalue weighted by Gasteiger charge is 2.09. The van der Waals surface area contributed by atoms with E-state index >= 15 is 0 Å². The van der Waals surface area contributed by atoms with Gasteiger partial charge in [-0.3, -0.25) is 4.79 Å². The van der Waals surface area contributed by atoms with Gasteiger partial charge in [0, 0.05) is 25.9 Å². The predicted molar refractivity (Wildman–Crippen MR) is 73.7 cm³/mol. The Kier molecular flexibility index (Phi) is 4.16. The number of nitrogens with zero attached hydrogens (tertiary/aromatic N) is 1. The molecule has 1 atom stereocenters. The second-order valence-electron chi connectivity index (χ2n) is 4.71. The lowest BCUT2D eigenvalue weighted by Gasteiger charge is -2.09. The van der Waals surface area contributed by atoms with Crippen LogP contribution in [-0.4, -0.2) is 24.0 Å². The number of nitrogens with one attached hydrogen (secondary N) is 1. The predicted octanol–water partition coefficient (Wildman–Crippen LogP) is 1.39. The van der Waals surface area contributed by atoms with Gasteiger partial charge in [-0.1, -0.05) is 13.0 Å². The SMILES string of the molecule is Cc1nc2cc(CCNC(=O)C(C)CN)ccc2o1. The number of rotatable bonds is 5. The first-order valence-corrected chi connectivity index (χ1v) is 6.44. The third-order valence-corrected chi connectivity index (χ3v) is 3.07. The van der Waals surface area contributed by atoms with Crippen LogP contribution in [0.25, 0.3) is 11.1 Å². The zero-order chi connectivity index (χ0) is 13.8. The Morgan fingerprint density at radius 3 is 3.05 bits per heavy atom. The van der Waals surface area contributed by atoms with Crippen LogP contribution in [0.5, 0.6) is 0 Å². The number of aryl methyl sites for hydroxylation is 1. The first kappa shape index (κ1) is 13.5. The summed E-state index contributed by atoms with van der Waals surface area (Å²) in [7, 11) is 0. The van der Waals surface area contributed by atoms with Crippen molar-refractivity contribution in [2.75, 3.05) is 13.1 Å². The van der Waals surface area contributed by atoms with Crippen molar-refractivity contribution in [2.24, 2.45) is 11.7 Å². The molecule has 1 unspecified atom stereocenters. The summed E-state index contributed by atoms with van der Waals surface area (Å²) < 4.78 is 5.42. The maximum atomic E-state index is 11.6. The van der Waals surface area contributed by atoms with Gasteiger partial charge in [0.05, 0.1) is 0 Å². The molecule has 0 saturated heterocycles. The molecule has 19 heavy (non-hydrogen) atoms. The standard InChI is InChI=1S/C14H19N3O2/c1-9(8-15)14(18)16-6-5-11-3-4-13-12(7-11)17-10(2)19-13/h3-4,7,9H,5-6,8,15H2,1-2H3,(H,16,18). The summed E-state index contributed by atoms with van der Waals surface area (Å²) >= 11 is 0. The van der Waals surface area contributed by atoms with Crippen LogP contribution >= 0.6 is 0 Å². The summed E-state index contributed by atoms with van der Waals surface area (Å²) in [6.45, 7) is 4.62. The van der Waals surface area contributed by atoms with Gasteiger partial charge in [-0.2, -0.15) is 0 Å². The Balaban J connectivity index is 1.92. The Hall–Kier alpha value is -1.88. The smallest absolute Gasteiger partial charge is 0.224 e. The van der Waals surface area contributed by atoms with E-state index in [0.29, 0.717) is 19.0 Å². The van der Waals surface area contributed by atoms with Crippen molar-refractivity contribution in [1.29, 1.82) is 0 Å². The molecule has 1 aromatic carbocycles. The van der Waals surface area contributed by atoms with Gasteiger partial charge in [0.1, 0.15) is 5.52 Å². The van der Waals surface area contributed by atoms with Crippen molar-refractivity contribution in [2.45, 2.75) is 20.3 Å². The summed E-state index contributed by atoms with van der Waals surface area (Å²) in [6.07, 6.45) is 0.769. The van der Waals surface area contributed by atoms with E-state index in [9.17, 15) is 4.79 Å². The van der Waals surface area contributed by atoms with Crippen LogP contribution in [0.3, 0.4) is 0 Å². The van der Waals surface area contributed by atoms with Crippen LogP contribution < -0.4 is 11.1 Å². The third-order valence-electron chi connectivity index (χ3n) is 3.07. The quantitative estimate of drug-likeness (QED) is 0.852. The molecule has 2 aromatic rings. The van der Waals surface area contributed by atoms with Crippen LogP contribution in [0, 0.1) is 12.8 Å². The van der Waals surface area contributed by atoms with Gasteiger partial charge in [0.25, 0.3) is 0 Å². The third kappa shape index (κ3) is 3.32. The van der Waals surface area contributed by atoms with Crippen LogP contribution in [0.4, 0.5) is 0 Å². The maximum Gasteiger partial charge on any atom is 0.224 e. The molecule has 0 aliphatic rings. The molecule has 0 bridgehead atoms. The number of hydrogen-bond acceptors (Lipinski definition) is 4. The molecule has 0 fully saturated rings. The molecular weight excluding hydrogens is 242 g/mol. The lowest BCUT2D eigenvalue weighted by Crippen LogP contribution is -2.34. The van der Waals surface area contributed by atoms with E-state index in [2.05, 4.69) is 10.3 Å². The largest absolute Gasteiger partial charge is 0.441 e. The van der Waals surface area contributed by atoms with E-state index in [1.165, 1.54) is 0 Å². The average molecular weight is 261 g/mol. The van der Waals surface area contributed by atoms with Crippen molar-refractivity contribution in [3.05, 3.63) is 29.7 Å². The molecule has 5 heteroatoms. The molecule has 5 nitrogen and oxygen atoms in total. The zero-order valence-electron chi connectivity index (χ0n) is 11.3. The highest BCUT2D eigenvalue weighted by atomic mass is 16.3.